The van der Waals surface area contributed by atoms with Gasteiger partial charge >= 0.3 is 0 Å². The second-order valence-electron chi connectivity index (χ2n) is 8.62. The molecular formula is C24H32FO4P. The van der Waals surface area contributed by atoms with Crippen molar-refractivity contribution < 1.29 is 23.3 Å². The summed E-state index contributed by atoms with van der Waals surface area (Å²) in [5.41, 5.74) is 1.77. The van der Waals surface area contributed by atoms with Gasteiger partial charge in [-0.3, -0.25) is 4.57 Å². The van der Waals surface area contributed by atoms with E-state index < -0.39 is 7.37 Å². The average molecular weight is 434 g/mol. The standard InChI is InChI=1S/C24H32FO4P/c1-17(16-30(3,26)27)20-5-4-6-22(13-20)29-15-18-7-9-19(10-8-18)23-14-21(28-2)11-12-24(23)25/h4-6,11-14,17-19H,7-10,15-16H2,1-3H3,(H,26,27)/t17?,18-,19-. The molecule has 1 fully saturated rings. The van der Waals surface area contributed by atoms with Crippen molar-refractivity contribution in [3.05, 3.63) is 59.4 Å². The molecule has 0 radical (unpaired) electrons. The molecule has 0 bridgehead atoms. The lowest BCUT2D eigenvalue weighted by molar-refractivity contribution is 0.199. The maximum absolute atomic E-state index is 14.2. The molecule has 30 heavy (non-hydrogen) atoms. The minimum Gasteiger partial charge on any atom is -0.497 e. The molecule has 2 aromatic carbocycles. The Morgan fingerprint density at radius 3 is 2.53 bits per heavy atom. The van der Waals surface area contributed by atoms with Crippen molar-refractivity contribution in [1.82, 2.24) is 0 Å². The van der Waals surface area contributed by atoms with E-state index in [4.69, 9.17) is 9.47 Å². The van der Waals surface area contributed by atoms with Gasteiger partial charge in [0.1, 0.15) is 17.3 Å². The van der Waals surface area contributed by atoms with Crippen LogP contribution in [0.5, 0.6) is 11.5 Å². The van der Waals surface area contributed by atoms with Crippen LogP contribution >= 0.6 is 7.37 Å². The molecule has 2 unspecified atom stereocenters. The molecule has 1 saturated carbocycles. The maximum atomic E-state index is 14.2. The van der Waals surface area contributed by atoms with E-state index in [1.54, 1.807) is 13.2 Å². The van der Waals surface area contributed by atoms with Crippen LogP contribution in [0.15, 0.2) is 42.5 Å². The minimum atomic E-state index is -3.06. The van der Waals surface area contributed by atoms with Crippen molar-refractivity contribution in [3.8, 4) is 11.5 Å². The van der Waals surface area contributed by atoms with Gasteiger partial charge in [-0.25, -0.2) is 4.39 Å². The van der Waals surface area contributed by atoms with Crippen LogP contribution in [-0.2, 0) is 4.57 Å². The van der Waals surface area contributed by atoms with Crippen LogP contribution < -0.4 is 9.47 Å². The van der Waals surface area contributed by atoms with Gasteiger partial charge in [0.25, 0.3) is 0 Å². The largest absolute Gasteiger partial charge is 0.497 e. The summed E-state index contributed by atoms with van der Waals surface area (Å²) in [6.45, 7) is 4.00. The van der Waals surface area contributed by atoms with Crippen molar-refractivity contribution in [2.75, 3.05) is 26.5 Å². The molecule has 0 aromatic heterocycles. The van der Waals surface area contributed by atoms with Crippen LogP contribution in [0.2, 0.25) is 0 Å². The van der Waals surface area contributed by atoms with Crippen molar-refractivity contribution in [3.63, 3.8) is 0 Å². The zero-order valence-corrected chi connectivity index (χ0v) is 18.9. The predicted octanol–water partition coefficient (Wildman–Crippen LogP) is 6.19. The summed E-state index contributed by atoms with van der Waals surface area (Å²) < 4.78 is 37.2. The molecule has 1 aliphatic rings. The van der Waals surface area contributed by atoms with Crippen LogP contribution in [0, 0.1) is 11.7 Å². The van der Waals surface area contributed by atoms with Crippen molar-refractivity contribution in [1.29, 1.82) is 0 Å². The molecular weight excluding hydrogens is 402 g/mol. The summed E-state index contributed by atoms with van der Waals surface area (Å²) in [6.07, 6.45) is 4.15. The fraction of sp³-hybridized carbons (Fsp3) is 0.500. The molecule has 1 N–H and O–H groups in total. The number of benzene rings is 2. The van der Waals surface area contributed by atoms with Crippen LogP contribution in [0.25, 0.3) is 0 Å². The van der Waals surface area contributed by atoms with E-state index in [2.05, 4.69) is 0 Å². The van der Waals surface area contributed by atoms with E-state index >= 15 is 0 Å². The lowest BCUT2D eigenvalue weighted by atomic mass is 9.79. The molecule has 1 aliphatic carbocycles. The Balaban J connectivity index is 1.53. The van der Waals surface area contributed by atoms with Gasteiger partial charge < -0.3 is 14.4 Å². The first kappa shape index (κ1) is 22.8. The topological polar surface area (TPSA) is 55.8 Å². The molecule has 2 aromatic rings. The molecule has 0 saturated heterocycles. The van der Waals surface area contributed by atoms with Crippen molar-refractivity contribution in [2.45, 2.75) is 44.4 Å². The minimum absolute atomic E-state index is 0.00239. The number of rotatable bonds is 8. The van der Waals surface area contributed by atoms with Gasteiger partial charge in [-0.1, -0.05) is 19.1 Å². The molecule has 0 aliphatic heterocycles. The van der Waals surface area contributed by atoms with Gasteiger partial charge in [0.2, 0.25) is 0 Å². The van der Waals surface area contributed by atoms with Crippen LogP contribution in [0.3, 0.4) is 0 Å². The first-order chi connectivity index (χ1) is 14.2. The Hall–Kier alpha value is -1.84. The summed E-state index contributed by atoms with van der Waals surface area (Å²) in [6, 6.07) is 12.8. The van der Waals surface area contributed by atoms with Gasteiger partial charge in [-0.15, -0.1) is 0 Å². The van der Waals surface area contributed by atoms with Gasteiger partial charge in [0, 0.05) is 12.8 Å². The highest BCUT2D eigenvalue weighted by Gasteiger charge is 2.25. The Labute approximate surface area is 178 Å². The second kappa shape index (κ2) is 9.98. The summed E-state index contributed by atoms with van der Waals surface area (Å²) in [5, 5.41) is 0. The summed E-state index contributed by atoms with van der Waals surface area (Å²) in [4.78, 5) is 9.64. The summed E-state index contributed by atoms with van der Waals surface area (Å²) in [5.74, 6) is 2.02. The Bertz CT molecular complexity index is 887. The van der Waals surface area contributed by atoms with Crippen molar-refractivity contribution >= 4 is 7.37 Å². The number of hydrogen-bond acceptors (Lipinski definition) is 3. The molecule has 4 nitrogen and oxygen atoms in total. The fourth-order valence-electron chi connectivity index (χ4n) is 4.34. The van der Waals surface area contributed by atoms with Gasteiger partial charge in [0.15, 0.2) is 7.37 Å². The number of hydrogen-bond donors (Lipinski definition) is 1. The third-order valence-corrected chi connectivity index (χ3v) is 7.24. The SMILES string of the molecule is COc1ccc(F)c([C@H]2CC[C@H](COc3cccc(C(C)CP(C)(=O)O)c3)CC2)c1. The van der Waals surface area contributed by atoms with Crippen LogP contribution in [-0.4, -0.2) is 31.4 Å². The highest BCUT2D eigenvalue weighted by molar-refractivity contribution is 7.57. The lowest BCUT2D eigenvalue weighted by Gasteiger charge is -2.29. The lowest BCUT2D eigenvalue weighted by Crippen LogP contribution is -2.20. The second-order valence-corrected chi connectivity index (χ2v) is 11.1. The molecule has 0 amide bonds. The molecule has 164 valence electrons. The van der Waals surface area contributed by atoms with E-state index in [1.165, 1.54) is 12.7 Å². The molecule has 6 heteroatoms. The third kappa shape index (κ3) is 6.33. The fourth-order valence-corrected chi connectivity index (χ4v) is 5.57. The maximum Gasteiger partial charge on any atom is 0.198 e. The number of methoxy groups -OCH3 is 1. The third-order valence-electron chi connectivity index (χ3n) is 6.02. The highest BCUT2D eigenvalue weighted by Crippen LogP contribution is 2.41. The van der Waals surface area contributed by atoms with E-state index in [0.29, 0.717) is 18.3 Å². The Morgan fingerprint density at radius 2 is 1.87 bits per heavy atom. The predicted molar refractivity (Wildman–Crippen MR) is 119 cm³/mol. The first-order valence-electron chi connectivity index (χ1n) is 10.6. The van der Waals surface area contributed by atoms with Gasteiger partial charge in [-0.2, -0.15) is 0 Å². The number of ether oxygens (including phenoxy) is 2. The Kier molecular flexibility index (Phi) is 7.60. The first-order valence-corrected chi connectivity index (χ1v) is 12.9. The van der Waals surface area contributed by atoms with Crippen LogP contribution in [0.4, 0.5) is 4.39 Å². The molecule has 3 rings (SSSR count). The Morgan fingerprint density at radius 1 is 1.13 bits per heavy atom. The van der Waals surface area contributed by atoms with Crippen LogP contribution in [0.1, 0.15) is 55.6 Å². The number of halogens is 1. The van der Waals surface area contributed by atoms with E-state index in [-0.39, 0.29) is 23.8 Å². The molecule has 0 heterocycles. The normalized spacial score (nSPS) is 22.2. The van der Waals surface area contributed by atoms with Gasteiger partial charge in [-0.05, 0) is 84.9 Å². The van der Waals surface area contributed by atoms with Crippen molar-refractivity contribution in [2.24, 2.45) is 5.92 Å². The molecule has 0 spiro atoms. The van der Waals surface area contributed by atoms with E-state index in [1.807, 2.05) is 37.3 Å². The molecule has 2 atom stereocenters. The summed E-state index contributed by atoms with van der Waals surface area (Å²) in [7, 11) is -1.45. The average Bonchev–Trinajstić information content (AvgIpc) is 2.72. The van der Waals surface area contributed by atoms with Gasteiger partial charge in [0.05, 0.1) is 13.7 Å². The summed E-state index contributed by atoms with van der Waals surface area (Å²) >= 11 is 0. The zero-order chi connectivity index (χ0) is 21.7. The highest BCUT2D eigenvalue weighted by atomic mass is 31.2. The van der Waals surface area contributed by atoms with E-state index in [9.17, 15) is 13.8 Å². The smallest absolute Gasteiger partial charge is 0.198 e. The quantitative estimate of drug-likeness (QED) is 0.503. The zero-order valence-electron chi connectivity index (χ0n) is 18.0. The van der Waals surface area contributed by atoms with E-state index in [0.717, 1.165) is 42.6 Å². The monoisotopic (exact) mass is 434 g/mol.